The third-order valence-electron chi connectivity index (χ3n) is 5.08. The van der Waals surface area contributed by atoms with Crippen molar-refractivity contribution in [3.8, 4) is 0 Å². The molecule has 1 heterocycles. The molecular formula is C19H37NO2. The van der Waals surface area contributed by atoms with Crippen molar-refractivity contribution in [1.29, 1.82) is 0 Å². The molecule has 3 heteroatoms. The average molecular weight is 312 g/mol. The van der Waals surface area contributed by atoms with Crippen LogP contribution < -0.4 is 0 Å². The minimum absolute atomic E-state index is 0.0352. The van der Waals surface area contributed by atoms with Gasteiger partial charge < -0.3 is 4.74 Å². The van der Waals surface area contributed by atoms with Crippen molar-refractivity contribution in [3.63, 3.8) is 0 Å². The second-order valence-corrected chi connectivity index (χ2v) is 9.36. The van der Waals surface area contributed by atoms with E-state index in [2.05, 4.69) is 53.4 Å². The van der Waals surface area contributed by atoms with E-state index in [-0.39, 0.29) is 16.8 Å². The Morgan fingerprint density at radius 3 is 1.95 bits per heavy atom. The van der Waals surface area contributed by atoms with E-state index in [0.29, 0.717) is 6.61 Å². The Labute approximate surface area is 137 Å². The van der Waals surface area contributed by atoms with Gasteiger partial charge in [0.1, 0.15) is 6.61 Å². The van der Waals surface area contributed by atoms with Gasteiger partial charge in [0, 0.05) is 6.54 Å². The van der Waals surface area contributed by atoms with Gasteiger partial charge in [-0.15, -0.1) is 0 Å². The molecule has 3 nitrogen and oxygen atoms in total. The SMILES string of the molecule is CC(C)(C)CC(C)(C(=O)OCCN1CCCCC1)C(C)(C)C. The maximum absolute atomic E-state index is 12.8. The lowest BCUT2D eigenvalue weighted by atomic mass is 9.61. The van der Waals surface area contributed by atoms with Crippen molar-refractivity contribution >= 4 is 5.97 Å². The highest BCUT2D eigenvalue weighted by Gasteiger charge is 2.47. The summed E-state index contributed by atoms with van der Waals surface area (Å²) in [7, 11) is 0. The summed E-state index contributed by atoms with van der Waals surface area (Å²) >= 11 is 0. The highest BCUT2D eigenvalue weighted by molar-refractivity contribution is 5.77. The van der Waals surface area contributed by atoms with Gasteiger partial charge in [-0.2, -0.15) is 0 Å². The number of nitrogens with zero attached hydrogens (tertiary/aromatic N) is 1. The molecular weight excluding hydrogens is 274 g/mol. The molecule has 22 heavy (non-hydrogen) atoms. The van der Waals surface area contributed by atoms with E-state index in [1.807, 2.05) is 0 Å². The van der Waals surface area contributed by atoms with Crippen LogP contribution in [0, 0.1) is 16.2 Å². The number of piperidine rings is 1. The highest BCUT2D eigenvalue weighted by Crippen LogP contribution is 2.47. The first-order valence-electron chi connectivity index (χ1n) is 8.85. The van der Waals surface area contributed by atoms with Crippen LogP contribution in [0.25, 0.3) is 0 Å². The van der Waals surface area contributed by atoms with Crippen LogP contribution in [0.2, 0.25) is 0 Å². The Morgan fingerprint density at radius 1 is 0.955 bits per heavy atom. The van der Waals surface area contributed by atoms with Gasteiger partial charge in [0.2, 0.25) is 0 Å². The number of carbonyl (C=O) groups is 1. The van der Waals surface area contributed by atoms with Crippen molar-refractivity contribution in [2.24, 2.45) is 16.2 Å². The first-order valence-corrected chi connectivity index (χ1v) is 8.85. The summed E-state index contributed by atoms with van der Waals surface area (Å²) in [5, 5.41) is 0. The van der Waals surface area contributed by atoms with Gasteiger partial charge in [0.05, 0.1) is 5.41 Å². The maximum atomic E-state index is 12.8. The zero-order chi connectivity index (χ0) is 17.0. The van der Waals surface area contributed by atoms with E-state index in [9.17, 15) is 4.79 Å². The monoisotopic (exact) mass is 311 g/mol. The number of hydrogen-bond acceptors (Lipinski definition) is 3. The molecule has 1 rings (SSSR count). The average Bonchev–Trinajstić information content (AvgIpc) is 2.36. The molecule has 0 bridgehead atoms. The van der Waals surface area contributed by atoms with E-state index in [1.54, 1.807) is 0 Å². The summed E-state index contributed by atoms with van der Waals surface area (Å²) in [6.45, 7) is 18.8. The largest absolute Gasteiger partial charge is 0.464 e. The van der Waals surface area contributed by atoms with E-state index in [4.69, 9.17) is 4.74 Å². The smallest absolute Gasteiger partial charge is 0.312 e. The zero-order valence-electron chi connectivity index (χ0n) is 15.9. The molecule has 0 N–H and O–H groups in total. The molecule has 0 radical (unpaired) electrons. The van der Waals surface area contributed by atoms with Gasteiger partial charge >= 0.3 is 5.97 Å². The van der Waals surface area contributed by atoms with Crippen molar-refractivity contribution in [1.82, 2.24) is 4.90 Å². The zero-order valence-corrected chi connectivity index (χ0v) is 15.9. The summed E-state index contributed by atoms with van der Waals surface area (Å²) < 4.78 is 5.70. The van der Waals surface area contributed by atoms with Gasteiger partial charge in [-0.3, -0.25) is 9.69 Å². The fourth-order valence-electron chi connectivity index (χ4n) is 3.31. The maximum Gasteiger partial charge on any atom is 0.312 e. The number of esters is 1. The van der Waals surface area contributed by atoms with Crippen molar-refractivity contribution in [2.75, 3.05) is 26.2 Å². The molecule has 0 saturated carbocycles. The molecule has 0 aliphatic carbocycles. The molecule has 130 valence electrons. The van der Waals surface area contributed by atoms with Gasteiger partial charge in [0.15, 0.2) is 0 Å². The van der Waals surface area contributed by atoms with Crippen LogP contribution in [0.3, 0.4) is 0 Å². The molecule has 1 aliphatic heterocycles. The van der Waals surface area contributed by atoms with Crippen LogP contribution in [0.15, 0.2) is 0 Å². The van der Waals surface area contributed by atoms with Crippen molar-refractivity contribution < 1.29 is 9.53 Å². The summed E-state index contributed by atoms with van der Waals surface area (Å²) in [6.07, 6.45) is 4.73. The summed E-state index contributed by atoms with van der Waals surface area (Å²) in [5.74, 6) is -0.0352. The van der Waals surface area contributed by atoms with Crippen molar-refractivity contribution in [2.45, 2.75) is 74.1 Å². The van der Waals surface area contributed by atoms with E-state index < -0.39 is 5.41 Å². The molecule has 0 aromatic rings. The molecule has 0 amide bonds. The molecule has 1 atom stereocenters. The van der Waals surface area contributed by atoms with Crippen LogP contribution >= 0.6 is 0 Å². The Morgan fingerprint density at radius 2 is 1.50 bits per heavy atom. The van der Waals surface area contributed by atoms with Crippen LogP contribution in [-0.4, -0.2) is 37.1 Å². The topological polar surface area (TPSA) is 29.5 Å². The molecule has 0 aromatic heterocycles. The van der Waals surface area contributed by atoms with E-state index in [0.717, 1.165) is 26.1 Å². The minimum atomic E-state index is -0.451. The number of rotatable bonds is 5. The number of hydrogen-bond donors (Lipinski definition) is 0. The van der Waals surface area contributed by atoms with Crippen LogP contribution in [0.1, 0.15) is 74.1 Å². The van der Waals surface area contributed by atoms with Gasteiger partial charge in [0.25, 0.3) is 0 Å². The second-order valence-electron chi connectivity index (χ2n) is 9.36. The van der Waals surface area contributed by atoms with Gasteiger partial charge in [-0.1, -0.05) is 48.0 Å². The Hall–Kier alpha value is -0.570. The first-order chi connectivity index (χ1) is 9.96. The predicted molar refractivity (Wildman–Crippen MR) is 92.9 cm³/mol. The summed E-state index contributed by atoms with van der Waals surface area (Å²) in [4.78, 5) is 15.2. The Balaban J connectivity index is 2.60. The number of ether oxygens (including phenoxy) is 1. The molecule has 0 aromatic carbocycles. The summed E-state index contributed by atoms with van der Waals surface area (Å²) in [6, 6.07) is 0. The Bertz CT molecular complexity index is 359. The number of carbonyl (C=O) groups excluding carboxylic acids is 1. The third kappa shape index (κ3) is 5.57. The summed E-state index contributed by atoms with van der Waals surface area (Å²) in [5.41, 5.74) is -0.455. The lowest BCUT2D eigenvalue weighted by Crippen LogP contribution is -2.45. The van der Waals surface area contributed by atoms with Crippen LogP contribution in [0.4, 0.5) is 0 Å². The minimum Gasteiger partial charge on any atom is -0.464 e. The second kappa shape index (κ2) is 7.33. The number of likely N-dealkylation sites (tertiary alicyclic amines) is 1. The fourth-order valence-corrected chi connectivity index (χ4v) is 3.31. The molecule has 1 aliphatic rings. The molecule has 0 spiro atoms. The van der Waals surface area contributed by atoms with Crippen LogP contribution in [0.5, 0.6) is 0 Å². The van der Waals surface area contributed by atoms with Gasteiger partial charge in [-0.25, -0.2) is 0 Å². The standard InChI is InChI=1S/C19H37NO2/c1-17(2,3)15-19(7,18(4,5)6)16(21)22-14-13-20-11-9-8-10-12-20/h8-15H2,1-7H3. The quantitative estimate of drug-likeness (QED) is 0.700. The molecule has 1 fully saturated rings. The first kappa shape index (κ1) is 19.5. The third-order valence-corrected chi connectivity index (χ3v) is 5.08. The highest BCUT2D eigenvalue weighted by atomic mass is 16.5. The van der Waals surface area contributed by atoms with Crippen molar-refractivity contribution in [3.05, 3.63) is 0 Å². The van der Waals surface area contributed by atoms with E-state index >= 15 is 0 Å². The lowest BCUT2D eigenvalue weighted by Gasteiger charge is -2.43. The lowest BCUT2D eigenvalue weighted by molar-refractivity contribution is -0.165. The molecule has 1 unspecified atom stereocenters. The predicted octanol–water partition coefficient (Wildman–Crippen LogP) is 4.50. The fraction of sp³-hybridized carbons (Fsp3) is 0.947. The van der Waals surface area contributed by atoms with E-state index in [1.165, 1.54) is 19.3 Å². The van der Waals surface area contributed by atoms with Crippen LogP contribution in [-0.2, 0) is 9.53 Å². The normalized spacial score (nSPS) is 20.5. The Kier molecular flexibility index (Phi) is 6.49. The molecule has 1 saturated heterocycles. The van der Waals surface area contributed by atoms with Gasteiger partial charge in [-0.05, 0) is 50.1 Å².